The average molecular weight is 527 g/mol. The summed E-state index contributed by atoms with van der Waals surface area (Å²) in [5.41, 5.74) is 5.20. The molecule has 0 saturated heterocycles. The summed E-state index contributed by atoms with van der Waals surface area (Å²) in [6.45, 7) is 0.463. The first-order valence-corrected chi connectivity index (χ1v) is 13.0. The highest BCUT2D eigenvalue weighted by molar-refractivity contribution is 7.99. The molecule has 7 nitrogen and oxygen atoms in total. The van der Waals surface area contributed by atoms with Crippen molar-refractivity contribution in [3.63, 3.8) is 0 Å². The van der Waals surface area contributed by atoms with Gasteiger partial charge in [0.2, 0.25) is 0 Å². The number of halogens is 1. The minimum atomic E-state index is -0.258. The van der Waals surface area contributed by atoms with Crippen molar-refractivity contribution >= 4 is 51.9 Å². The highest BCUT2D eigenvalue weighted by Crippen LogP contribution is 2.25. The van der Waals surface area contributed by atoms with Gasteiger partial charge in [-0.2, -0.15) is 5.10 Å². The van der Waals surface area contributed by atoms with Gasteiger partial charge in [-0.05, 0) is 29.7 Å². The summed E-state index contributed by atoms with van der Waals surface area (Å²) in [6.07, 6.45) is 1.52. The molecule has 0 spiro atoms. The lowest BCUT2D eigenvalue weighted by Gasteiger charge is -2.12. The number of fused-ring (bicyclic) bond motifs is 1. The van der Waals surface area contributed by atoms with Gasteiger partial charge < -0.3 is 5.32 Å². The van der Waals surface area contributed by atoms with Crippen molar-refractivity contribution in [2.24, 2.45) is 5.10 Å². The molecule has 4 aromatic carbocycles. The molecule has 0 aliphatic carbocycles. The summed E-state index contributed by atoms with van der Waals surface area (Å²) in [4.78, 5) is 12.4. The lowest BCUT2D eigenvalue weighted by Crippen LogP contribution is -2.20. The van der Waals surface area contributed by atoms with E-state index in [2.05, 4.69) is 50.3 Å². The van der Waals surface area contributed by atoms with E-state index in [1.807, 2.05) is 71.3 Å². The Morgan fingerprint density at radius 1 is 0.919 bits per heavy atom. The summed E-state index contributed by atoms with van der Waals surface area (Å²) < 4.78 is 1.96. The van der Waals surface area contributed by atoms with Gasteiger partial charge in [0.05, 0.1) is 18.5 Å². The van der Waals surface area contributed by atoms with E-state index in [4.69, 9.17) is 11.6 Å². The summed E-state index contributed by atoms with van der Waals surface area (Å²) in [5, 5.41) is 19.8. The largest absolute Gasteiger partial charge is 0.377 e. The van der Waals surface area contributed by atoms with Crippen LogP contribution < -0.4 is 10.7 Å². The molecule has 0 saturated carbocycles. The van der Waals surface area contributed by atoms with Gasteiger partial charge in [0.25, 0.3) is 5.91 Å². The zero-order valence-corrected chi connectivity index (χ0v) is 21.3. The van der Waals surface area contributed by atoms with Gasteiger partial charge in [0.1, 0.15) is 0 Å². The van der Waals surface area contributed by atoms with Gasteiger partial charge in [-0.25, -0.2) is 5.43 Å². The minimum Gasteiger partial charge on any atom is -0.377 e. The maximum atomic E-state index is 12.4. The van der Waals surface area contributed by atoms with Gasteiger partial charge in [0, 0.05) is 27.3 Å². The molecular formula is C28H23ClN6OS. The van der Waals surface area contributed by atoms with Gasteiger partial charge >= 0.3 is 0 Å². The molecule has 0 atom stereocenters. The number of nitrogens with one attached hydrogen (secondary N) is 2. The Bertz CT molecular complexity index is 1550. The Morgan fingerprint density at radius 2 is 1.68 bits per heavy atom. The summed E-state index contributed by atoms with van der Waals surface area (Å²) in [6, 6.07) is 31.5. The number of hydrogen-bond acceptors (Lipinski definition) is 6. The maximum absolute atomic E-state index is 12.4. The number of thioether (sulfide) groups is 1. The van der Waals surface area contributed by atoms with E-state index in [0.717, 1.165) is 33.5 Å². The Labute approximate surface area is 223 Å². The van der Waals surface area contributed by atoms with Crippen LogP contribution in [0, 0.1) is 0 Å². The number of carbonyl (C=O) groups excluding carboxylic acids is 1. The monoisotopic (exact) mass is 526 g/mol. The van der Waals surface area contributed by atoms with Gasteiger partial charge in [-0.3, -0.25) is 9.36 Å². The number of hydrazone groups is 1. The second-order valence-corrected chi connectivity index (χ2v) is 9.40. The third-order valence-corrected chi connectivity index (χ3v) is 6.84. The van der Waals surface area contributed by atoms with Crippen LogP contribution in [0.2, 0.25) is 5.02 Å². The fourth-order valence-electron chi connectivity index (χ4n) is 3.81. The molecule has 37 heavy (non-hydrogen) atoms. The smallest absolute Gasteiger partial charge is 0.250 e. The van der Waals surface area contributed by atoms with Crippen molar-refractivity contribution in [1.29, 1.82) is 0 Å². The first kappa shape index (κ1) is 24.5. The molecule has 5 aromatic rings. The molecule has 0 aliphatic heterocycles. The number of anilines is 1. The predicted octanol–water partition coefficient (Wildman–Crippen LogP) is 5.93. The number of rotatable bonds is 9. The third-order valence-electron chi connectivity index (χ3n) is 5.57. The Morgan fingerprint density at radius 3 is 2.54 bits per heavy atom. The molecule has 1 amide bonds. The fraction of sp³-hybridized carbons (Fsp3) is 0.0714. The maximum Gasteiger partial charge on any atom is 0.250 e. The molecule has 0 aliphatic rings. The van der Waals surface area contributed by atoms with E-state index >= 15 is 0 Å². The number of hydrogen-bond donors (Lipinski definition) is 2. The van der Waals surface area contributed by atoms with Gasteiger partial charge in [-0.15, -0.1) is 10.2 Å². The fourth-order valence-corrected chi connectivity index (χ4v) is 4.76. The molecule has 0 fully saturated rings. The summed E-state index contributed by atoms with van der Waals surface area (Å²) >= 11 is 7.42. The van der Waals surface area contributed by atoms with Crippen LogP contribution in [-0.2, 0) is 11.3 Å². The number of benzene rings is 4. The zero-order chi connectivity index (χ0) is 25.5. The minimum absolute atomic E-state index is 0.127. The van der Waals surface area contributed by atoms with E-state index in [1.165, 1.54) is 18.0 Å². The van der Waals surface area contributed by atoms with E-state index in [-0.39, 0.29) is 11.7 Å². The molecular weight excluding hydrogens is 504 g/mol. The molecule has 0 unspecified atom stereocenters. The Hall–Kier alpha value is -4.14. The van der Waals surface area contributed by atoms with Crippen LogP contribution in [0.25, 0.3) is 16.5 Å². The van der Waals surface area contributed by atoms with Crippen LogP contribution in [0.3, 0.4) is 0 Å². The van der Waals surface area contributed by atoms with Crippen molar-refractivity contribution in [3.05, 3.63) is 113 Å². The van der Waals surface area contributed by atoms with E-state index < -0.39 is 0 Å². The Balaban J connectivity index is 1.30. The molecule has 1 aromatic heterocycles. The molecule has 0 bridgehead atoms. The number of para-hydroxylation sites is 1. The molecule has 184 valence electrons. The highest BCUT2D eigenvalue weighted by atomic mass is 35.5. The van der Waals surface area contributed by atoms with E-state index in [0.29, 0.717) is 16.7 Å². The number of aromatic nitrogens is 3. The molecule has 9 heteroatoms. The average Bonchev–Trinajstić information content (AvgIpc) is 3.35. The number of carbonyl (C=O) groups is 1. The standard InChI is InChI=1S/C28H23ClN6OS/c29-24-15-7-5-10-21(24)17-31-33-27(36)19-37-28-34-32-26(35(28)22-12-2-1-3-13-22)18-30-25-16-8-11-20-9-4-6-14-23(20)25/h1-17,30H,18-19H2,(H,33,36)/b31-17+. The van der Waals surface area contributed by atoms with E-state index in [9.17, 15) is 4.79 Å². The first-order valence-electron chi connectivity index (χ1n) is 11.6. The molecule has 0 radical (unpaired) electrons. The van der Waals surface area contributed by atoms with Gasteiger partial charge in [-0.1, -0.05) is 96.2 Å². The summed E-state index contributed by atoms with van der Waals surface area (Å²) in [7, 11) is 0. The lowest BCUT2D eigenvalue weighted by atomic mass is 10.1. The topological polar surface area (TPSA) is 84.2 Å². The quantitative estimate of drug-likeness (QED) is 0.141. The molecule has 5 rings (SSSR count). The second kappa shape index (κ2) is 11.7. The number of nitrogens with zero attached hydrogens (tertiary/aromatic N) is 4. The van der Waals surface area contributed by atoms with Crippen LogP contribution in [0.4, 0.5) is 5.69 Å². The van der Waals surface area contributed by atoms with Crippen LogP contribution in [0.1, 0.15) is 11.4 Å². The number of amides is 1. The SMILES string of the molecule is O=C(CSc1nnc(CNc2cccc3ccccc23)n1-c1ccccc1)N/N=C/c1ccccc1Cl. The van der Waals surface area contributed by atoms with Crippen molar-refractivity contribution in [1.82, 2.24) is 20.2 Å². The predicted molar refractivity (Wildman–Crippen MR) is 151 cm³/mol. The van der Waals surface area contributed by atoms with Crippen LogP contribution >= 0.6 is 23.4 Å². The molecule has 2 N–H and O–H groups in total. The van der Waals surface area contributed by atoms with Crippen LogP contribution in [-0.4, -0.2) is 32.6 Å². The summed E-state index contributed by atoms with van der Waals surface area (Å²) in [5.74, 6) is 0.604. The highest BCUT2D eigenvalue weighted by Gasteiger charge is 2.16. The van der Waals surface area contributed by atoms with Crippen LogP contribution in [0.15, 0.2) is 107 Å². The van der Waals surface area contributed by atoms with Crippen molar-refractivity contribution < 1.29 is 4.79 Å². The van der Waals surface area contributed by atoms with Crippen molar-refractivity contribution in [3.8, 4) is 5.69 Å². The van der Waals surface area contributed by atoms with Crippen molar-refractivity contribution in [2.45, 2.75) is 11.7 Å². The third kappa shape index (κ3) is 5.99. The zero-order valence-electron chi connectivity index (χ0n) is 19.7. The van der Waals surface area contributed by atoms with Crippen molar-refractivity contribution in [2.75, 3.05) is 11.1 Å². The molecule has 1 heterocycles. The lowest BCUT2D eigenvalue weighted by molar-refractivity contribution is -0.118. The first-order chi connectivity index (χ1) is 18.2. The normalized spacial score (nSPS) is 11.2. The van der Waals surface area contributed by atoms with Gasteiger partial charge in [0.15, 0.2) is 11.0 Å². The second-order valence-electron chi connectivity index (χ2n) is 8.05. The van der Waals surface area contributed by atoms with Crippen LogP contribution in [0.5, 0.6) is 0 Å². The van der Waals surface area contributed by atoms with E-state index in [1.54, 1.807) is 6.07 Å². The Kier molecular flexibility index (Phi) is 7.78.